The summed E-state index contributed by atoms with van der Waals surface area (Å²) in [6, 6.07) is 3.81. The molecule has 0 aromatic carbocycles. The third-order valence-electron chi connectivity index (χ3n) is 3.02. The summed E-state index contributed by atoms with van der Waals surface area (Å²) in [6.45, 7) is 2.62. The van der Waals surface area contributed by atoms with Crippen molar-refractivity contribution in [1.29, 1.82) is 0 Å². The molecule has 0 radical (unpaired) electrons. The molecule has 88 valence electrons. The Morgan fingerprint density at radius 3 is 2.94 bits per heavy atom. The second-order valence-corrected chi connectivity index (χ2v) is 4.44. The van der Waals surface area contributed by atoms with Crippen molar-refractivity contribution in [2.75, 3.05) is 17.8 Å². The van der Waals surface area contributed by atoms with Crippen molar-refractivity contribution in [2.45, 2.75) is 31.7 Å². The molecule has 0 spiro atoms. The van der Waals surface area contributed by atoms with Gasteiger partial charge in [-0.1, -0.05) is 0 Å². The van der Waals surface area contributed by atoms with Crippen molar-refractivity contribution in [3.63, 3.8) is 0 Å². The lowest BCUT2D eigenvalue weighted by molar-refractivity contribution is 0.304. The molecule has 1 aromatic rings. The fourth-order valence-corrected chi connectivity index (χ4v) is 2.24. The number of hydrogen-bond donors (Lipinski definition) is 1. The zero-order valence-electron chi connectivity index (χ0n) is 9.50. The Hall–Kier alpha value is -0.960. The number of alkyl halides is 1. The van der Waals surface area contributed by atoms with Crippen LogP contribution < -0.4 is 10.1 Å². The fourth-order valence-electron chi connectivity index (χ4n) is 1.90. The summed E-state index contributed by atoms with van der Waals surface area (Å²) in [4.78, 5) is 4.32. The van der Waals surface area contributed by atoms with Gasteiger partial charge in [-0.3, -0.25) is 0 Å². The van der Waals surface area contributed by atoms with E-state index in [2.05, 4.69) is 10.3 Å². The van der Waals surface area contributed by atoms with Crippen LogP contribution in [0, 0.1) is 0 Å². The van der Waals surface area contributed by atoms with Gasteiger partial charge in [-0.25, -0.2) is 4.98 Å². The lowest BCUT2D eigenvalue weighted by Gasteiger charge is -2.41. The highest BCUT2D eigenvalue weighted by Crippen LogP contribution is 2.37. The first-order valence-corrected chi connectivity index (χ1v) is 6.25. The third kappa shape index (κ3) is 2.24. The third-order valence-corrected chi connectivity index (χ3v) is 3.53. The number of pyridine rings is 1. The van der Waals surface area contributed by atoms with E-state index in [1.165, 1.54) is 6.42 Å². The van der Waals surface area contributed by atoms with Crippen LogP contribution in [-0.2, 0) is 0 Å². The second kappa shape index (κ2) is 4.91. The van der Waals surface area contributed by atoms with Crippen LogP contribution in [0.2, 0.25) is 0 Å². The van der Waals surface area contributed by atoms with Crippen molar-refractivity contribution >= 4 is 17.4 Å². The van der Waals surface area contributed by atoms with E-state index in [9.17, 15) is 0 Å². The molecule has 0 bridgehead atoms. The van der Waals surface area contributed by atoms with Gasteiger partial charge in [0.1, 0.15) is 0 Å². The molecule has 0 saturated heterocycles. The van der Waals surface area contributed by atoms with E-state index in [1.54, 1.807) is 6.20 Å². The van der Waals surface area contributed by atoms with Gasteiger partial charge in [0.2, 0.25) is 0 Å². The number of nitrogens with one attached hydrogen (secondary N) is 1. The zero-order valence-corrected chi connectivity index (χ0v) is 10.3. The summed E-state index contributed by atoms with van der Waals surface area (Å²) < 4.78 is 5.53. The predicted octanol–water partition coefficient (Wildman–Crippen LogP) is 3.05. The van der Waals surface area contributed by atoms with E-state index >= 15 is 0 Å². The van der Waals surface area contributed by atoms with Gasteiger partial charge in [-0.05, 0) is 38.3 Å². The van der Waals surface area contributed by atoms with E-state index in [4.69, 9.17) is 16.3 Å². The molecule has 16 heavy (non-hydrogen) atoms. The Kier molecular flexibility index (Phi) is 3.54. The Bertz CT molecular complexity index is 347. The van der Waals surface area contributed by atoms with Crippen LogP contribution >= 0.6 is 11.6 Å². The summed E-state index contributed by atoms with van der Waals surface area (Å²) in [5.41, 5.74) is 0.0295. The summed E-state index contributed by atoms with van der Waals surface area (Å²) >= 11 is 6.01. The molecule has 0 unspecified atom stereocenters. The molecular formula is C12H17ClN2O. The average Bonchev–Trinajstić information content (AvgIpc) is 2.26. The summed E-state index contributed by atoms with van der Waals surface area (Å²) in [5, 5.41) is 3.43. The normalized spacial score (nSPS) is 17.6. The van der Waals surface area contributed by atoms with Crippen molar-refractivity contribution in [2.24, 2.45) is 0 Å². The largest absolute Gasteiger partial charge is 0.490 e. The molecule has 3 nitrogen and oxygen atoms in total. The fraction of sp³-hybridized carbons (Fsp3) is 0.583. The van der Waals surface area contributed by atoms with Gasteiger partial charge in [0.05, 0.1) is 12.1 Å². The molecule has 2 rings (SSSR count). The molecule has 1 aromatic heterocycles. The molecule has 0 amide bonds. The van der Waals surface area contributed by atoms with Gasteiger partial charge in [0, 0.05) is 12.1 Å². The molecule has 1 aliphatic rings. The lowest BCUT2D eigenvalue weighted by Crippen LogP contribution is -2.47. The van der Waals surface area contributed by atoms with Gasteiger partial charge in [-0.2, -0.15) is 0 Å². The SMILES string of the molecule is CCOc1cccnc1NC1(CCl)CCC1. The maximum Gasteiger partial charge on any atom is 0.169 e. The summed E-state index contributed by atoms with van der Waals surface area (Å²) in [5.74, 6) is 2.24. The molecule has 1 saturated carbocycles. The molecule has 1 heterocycles. The second-order valence-electron chi connectivity index (χ2n) is 4.18. The first-order chi connectivity index (χ1) is 7.79. The number of ether oxygens (including phenoxy) is 1. The van der Waals surface area contributed by atoms with E-state index in [0.29, 0.717) is 12.5 Å². The average molecular weight is 241 g/mol. The minimum Gasteiger partial charge on any atom is -0.490 e. The topological polar surface area (TPSA) is 34.1 Å². The van der Waals surface area contributed by atoms with Crippen LogP contribution in [0.15, 0.2) is 18.3 Å². The smallest absolute Gasteiger partial charge is 0.169 e. The van der Waals surface area contributed by atoms with Gasteiger partial charge in [-0.15, -0.1) is 11.6 Å². The van der Waals surface area contributed by atoms with Crippen LogP contribution in [-0.4, -0.2) is 23.0 Å². The van der Waals surface area contributed by atoms with Crippen molar-refractivity contribution < 1.29 is 4.74 Å². The molecule has 1 N–H and O–H groups in total. The van der Waals surface area contributed by atoms with E-state index in [0.717, 1.165) is 24.4 Å². The monoisotopic (exact) mass is 240 g/mol. The number of halogens is 1. The minimum absolute atomic E-state index is 0.0295. The van der Waals surface area contributed by atoms with E-state index in [-0.39, 0.29) is 5.54 Å². The van der Waals surface area contributed by atoms with Crippen molar-refractivity contribution in [3.05, 3.63) is 18.3 Å². The Labute approximate surface area is 101 Å². The maximum atomic E-state index is 6.01. The molecular weight excluding hydrogens is 224 g/mol. The zero-order chi connectivity index (χ0) is 11.4. The first-order valence-electron chi connectivity index (χ1n) is 5.71. The summed E-state index contributed by atoms with van der Waals surface area (Å²) in [6.07, 6.45) is 5.22. The predicted molar refractivity (Wildman–Crippen MR) is 66.3 cm³/mol. The quantitative estimate of drug-likeness (QED) is 0.804. The van der Waals surface area contributed by atoms with E-state index < -0.39 is 0 Å². The van der Waals surface area contributed by atoms with Gasteiger partial charge >= 0.3 is 0 Å². The standard InChI is InChI=1S/C12H17ClN2O/c1-2-16-10-5-3-8-14-11(10)15-12(9-13)6-4-7-12/h3,5,8H,2,4,6-7,9H2,1H3,(H,14,15). The Balaban J connectivity index is 2.13. The van der Waals surface area contributed by atoms with Crippen molar-refractivity contribution in [3.8, 4) is 5.75 Å². The highest BCUT2D eigenvalue weighted by molar-refractivity contribution is 6.19. The minimum atomic E-state index is 0.0295. The first kappa shape index (κ1) is 11.5. The van der Waals surface area contributed by atoms with Crippen LogP contribution in [0.3, 0.4) is 0 Å². The lowest BCUT2D eigenvalue weighted by atomic mass is 9.78. The Morgan fingerprint density at radius 1 is 1.56 bits per heavy atom. The molecule has 1 aliphatic carbocycles. The van der Waals surface area contributed by atoms with Gasteiger partial charge in [0.25, 0.3) is 0 Å². The van der Waals surface area contributed by atoms with Crippen molar-refractivity contribution in [1.82, 2.24) is 4.98 Å². The number of anilines is 1. The van der Waals surface area contributed by atoms with Crippen LogP contribution in [0.4, 0.5) is 5.82 Å². The maximum absolute atomic E-state index is 6.01. The van der Waals surface area contributed by atoms with Gasteiger partial charge < -0.3 is 10.1 Å². The van der Waals surface area contributed by atoms with Crippen LogP contribution in [0.1, 0.15) is 26.2 Å². The van der Waals surface area contributed by atoms with Crippen LogP contribution in [0.5, 0.6) is 5.75 Å². The number of hydrogen-bond acceptors (Lipinski definition) is 3. The van der Waals surface area contributed by atoms with E-state index in [1.807, 2.05) is 19.1 Å². The molecule has 0 atom stereocenters. The van der Waals surface area contributed by atoms with Crippen LogP contribution in [0.25, 0.3) is 0 Å². The Morgan fingerprint density at radius 2 is 2.38 bits per heavy atom. The summed E-state index contributed by atoms with van der Waals surface area (Å²) in [7, 11) is 0. The molecule has 0 aliphatic heterocycles. The molecule has 4 heteroatoms. The number of aromatic nitrogens is 1. The number of nitrogens with zero attached hydrogens (tertiary/aromatic N) is 1. The highest BCUT2D eigenvalue weighted by atomic mass is 35.5. The highest BCUT2D eigenvalue weighted by Gasteiger charge is 2.36. The molecule has 1 fully saturated rings. The number of rotatable bonds is 5. The van der Waals surface area contributed by atoms with Gasteiger partial charge in [0.15, 0.2) is 11.6 Å².